The van der Waals surface area contributed by atoms with Gasteiger partial charge in [0.2, 0.25) is 0 Å². The van der Waals surface area contributed by atoms with Crippen LogP contribution in [0.25, 0.3) is 109 Å². The summed E-state index contributed by atoms with van der Waals surface area (Å²) in [5.74, 6) is 0. The Bertz CT molecular complexity index is 3160. The molecule has 10 aromatic carbocycles. The molecule has 0 aliphatic rings. The molecule has 11 aromatic rings. The van der Waals surface area contributed by atoms with E-state index < -0.39 is 0 Å². The van der Waals surface area contributed by atoms with Crippen LogP contribution in [-0.2, 0) is 0 Å². The van der Waals surface area contributed by atoms with Gasteiger partial charge in [-0.2, -0.15) is 0 Å². The van der Waals surface area contributed by atoms with Gasteiger partial charge in [0.1, 0.15) is 11.2 Å². The van der Waals surface area contributed by atoms with Gasteiger partial charge < -0.3 is 4.42 Å². The highest BCUT2D eigenvalue weighted by atomic mass is 16.3. The van der Waals surface area contributed by atoms with Crippen LogP contribution >= 0.6 is 0 Å². The molecule has 0 bridgehead atoms. The molecule has 0 saturated heterocycles. The van der Waals surface area contributed by atoms with Gasteiger partial charge in [0.05, 0.1) is 0 Å². The lowest BCUT2D eigenvalue weighted by molar-refractivity contribution is 0.669. The topological polar surface area (TPSA) is 13.1 Å². The number of fused-ring (bicyclic) bond motifs is 13. The van der Waals surface area contributed by atoms with E-state index in [0.29, 0.717) is 0 Å². The summed E-state index contributed by atoms with van der Waals surface area (Å²) in [5, 5.41) is 17.6. The number of hydrogen-bond acceptors (Lipinski definition) is 1. The maximum absolute atomic E-state index is 6.40. The van der Waals surface area contributed by atoms with Crippen molar-refractivity contribution in [2.45, 2.75) is 6.92 Å². The summed E-state index contributed by atoms with van der Waals surface area (Å²) in [6.45, 7) is 2.18. The average Bonchev–Trinajstić information content (AvgIpc) is 3.55. The number of aryl methyl sites for hydroxylation is 1. The van der Waals surface area contributed by atoms with Crippen LogP contribution in [0.3, 0.4) is 0 Å². The zero-order chi connectivity index (χ0) is 32.9. The third kappa shape index (κ3) is 3.83. The maximum Gasteiger partial charge on any atom is 0.136 e. The minimum absolute atomic E-state index is 0.913. The monoisotopic (exact) mass is 634 g/mol. The van der Waals surface area contributed by atoms with Gasteiger partial charge in [-0.15, -0.1) is 0 Å². The number of rotatable bonds is 2. The molecule has 0 aliphatic heterocycles. The van der Waals surface area contributed by atoms with Crippen molar-refractivity contribution in [3.8, 4) is 22.3 Å². The lowest BCUT2D eigenvalue weighted by atomic mass is 9.84. The van der Waals surface area contributed by atoms with Crippen molar-refractivity contribution < 1.29 is 4.42 Å². The first kappa shape index (κ1) is 27.5. The number of benzene rings is 10. The molecule has 1 nitrogen and oxygen atoms in total. The molecule has 0 spiro atoms. The van der Waals surface area contributed by atoms with Gasteiger partial charge in [0, 0.05) is 10.8 Å². The minimum Gasteiger partial charge on any atom is -0.456 e. The Morgan fingerprint density at radius 2 is 0.780 bits per heavy atom. The highest BCUT2D eigenvalue weighted by Crippen LogP contribution is 2.46. The second-order valence-corrected chi connectivity index (χ2v) is 13.7. The smallest absolute Gasteiger partial charge is 0.136 e. The summed E-state index contributed by atoms with van der Waals surface area (Å²) in [6, 6.07) is 60.3. The van der Waals surface area contributed by atoms with E-state index in [0.717, 1.165) is 16.6 Å². The summed E-state index contributed by atoms with van der Waals surface area (Å²) < 4.78 is 6.40. The highest BCUT2D eigenvalue weighted by Gasteiger charge is 2.19. The molecule has 232 valence electrons. The van der Waals surface area contributed by atoms with Crippen molar-refractivity contribution in [1.82, 2.24) is 0 Å². The minimum atomic E-state index is 0.913. The van der Waals surface area contributed by atoms with Crippen molar-refractivity contribution in [3.63, 3.8) is 0 Å². The molecule has 11 rings (SSSR count). The van der Waals surface area contributed by atoms with Gasteiger partial charge in [-0.05, 0) is 118 Å². The molecule has 1 heteroatoms. The van der Waals surface area contributed by atoms with Crippen molar-refractivity contribution >= 4 is 86.6 Å². The van der Waals surface area contributed by atoms with Crippen LogP contribution < -0.4 is 0 Å². The average molecular weight is 635 g/mol. The van der Waals surface area contributed by atoms with Gasteiger partial charge in [0.15, 0.2) is 0 Å². The number of furan rings is 1. The molecule has 0 saturated carbocycles. The van der Waals surface area contributed by atoms with Crippen LogP contribution in [-0.4, -0.2) is 0 Å². The summed E-state index contributed by atoms with van der Waals surface area (Å²) in [7, 11) is 0. The Kier molecular flexibility index (Phi) is 5.66. The summed E-state index contributed by atoms with van der Waals surface area (Å²) >= 11 is 0. The van der Waals surface area contributed by atoms with E-state index in [-0.39, 0.29) is 0 Å². The second-order valence-electron chi connectivity index (χ2n) is 13.7. The second kappa shape index (κ2) is 10.3. The van der Waals surface area contributed by atoms with Crippen molar-refractivity contribution in [2.75, 3.05) is 0 Å². The van der Waals surface area contributed by atoms with E-state index in [1.807, 2.05) is 0 Å². The largest absolute Gasteiger partial charge is 0.456 e. The van der Waals surface area contributed by atoms with Crippen molar-refractivity contribution in [3.05, 3.63) is 169 Å². The molecule has 0 amide bonds. The van der Waals surface area contributed by atoms with E-state index in [2.05, 4.69) is 171 Å². The quantitative estimate of drug-likeness (QED) is 0.136. The van der Waals surface area contributed by atoms with Gasteiger partial charge in [-0.3, -0.25) is 0 Å². The SMILES string of the molecule is Cc1ccc2c3ccccc3c3cc(-c4c5ccccc5c(-c5ccc6oc7ccc8ccccc8c7c6c5)c5ccccc45)ccc3c2c1. The molecule has 0 atom stereocenters. The van der Waals surface area contributed by atoms with Crippen LogP contribution in [0.15, 0.2) is 168 Å². The zero-order valence-electron chi connectivity index (χ0n) is 27.5. The molecular formula is C49H30O. The lowest BCUT2D eigenvalue weighted by Crippen LogP contribution is -1.91. The van der Waals surface area contributed by atoms with Gasteiger partial charge in [-0.1, -0.05) is 145 Å². The predicted molar refractivity (Wildman–Crippen MR) is 214 cm³/mol. The number of hydrogen-bond donors (Lipinski definition) is 0. The van der Waals surface area contributed by atoms with Crippen molar-refractivity contribution in [2.24, 2.45) is 0 Å². The van der Waals surface area contributed by atoms with Gasteiger partial charge in [0.25, 0.3) is 0 Å². The fourth-order valence-corrected chi connectivity index (χ4v) is 8.68. The van der Waals surface area contributed by atoms with Crippen LogP contribution in [0.4, 0.5) is 0 Å². The van der Waals surface area contributed by atoms with E-state index >= 15 is 0 Å². The Labute approximate surface area is 288 Å². The first-order chi connectivity index (χ1) is 24.7. The summed E-state index contributed by atoms with van der Waals surface area (Å²) in [5.41, 5.74) is 8.07. The predicted octanol–water partition coefficient (Wildman–Crippen LogP) is 14.1. The molecule has 0 aliphatic carbocycles. The highest BCUT2D eigenvalue weighted by molar-refractivity contribution is 6.28. The molecule has 0 unspecified atom stereocenters. The maximum atomic E-state index is 6.40. The first-order valence-electron chi connectivity index (χ1n) is 17.3. The third-order valence-electron chi connectivity index (χ3n) is 10.9. The normalized spacial score (nSPS) is 12.1. The molecule has 1 aromatic heterocycles. The molecule has 1 heterocycles. The standard InChI is InChI=1S/C49H30O/c1-29-18-22-36-34-12-4-5-13-35(34)43-27-31(19-23-37(43)42(36)26-29)47-38-14-6-8-16-40(38)48(41-17-9-7-15-39(41)47)32-21-24-45-44(28-32)49-33-11-3-2-10-30(33)20-25-46(49)50-45/h2-28H,1H3. The Morgan fingerprint density at radius 3 is 1.46 bits per heavy atom. The Morgan fingerprint density at radius 1 is 0.320 bits per heavy atom. The first-order valence-corrected chi connectivity index (χ1v) is 17.3. The third-order valence-corrected chi connectivity index (χ3v) is 10.9. The lowest BCUT2D eigenvalue weighted by Gasteiger charge is -2.19. The molecular weight excluding hydrogens is 605 g/mol. The Hall–Kier alpha value is -6.44. The van der Waals surface area contributed by atoms with Crippen LogP contribution in [0, 0.1) is 6.92 Å². The van der Waals surface area contributed by atoms with E-state index in [1.54, 1.807) is 0 Å². The summed E-state index contributed by atoms with van der Waals surface area (Å²) in [4.78, 5) is 0. The molecule has 0 radical (unpaired) electrons. The fraction of sp³-hybridized carbons (Fsp3) is 0.0204. The van der Waals surface area contributed by atoms with E-state index in [4.69, 9.17) is 4.42 Å². The summed E-state index contributed by atoms with van der Waals surface area (Å²) in [6.07, 6.45) is 0. The zero-order valence-corrected chi connectivity index (χ0v) is 27.5. The van der Waals surface area contributed by atoms with Crippen LogP contribution in [0.2, 0.25) is 0 Å². The van der Waals surface area contributed by atoms with E-state index in [1.165, 1.54) is 97.8 Å². The van der Waals surface area contributed by atoms with Gasteiger partial charge in [-0.25, -0.2) is 0 Å². The fourth-order valence-electron chi connectivity index (χ4n) is 8.68. The molecule has 0 fully saturated rings. The van der Waals surface area contributed by atoms with Gasteiger partial charge >= 0.3 is 0 Å². The van der Waals surface area contributed by atoms with E-state index in [9.17, 15) is 0 Å². The van der Waals surface area contributed by atoms with Crippen molar-refractivity contribution in [1.29, 1.82) is 0 Å². The Balaban J connectivity index is 1.22. The van der Waals surface area contributed by atoms with Crippen LogP contribution in [0.5, 0.6) is 0 Å². The molecule has 0 N–H and O–H groups in total. The molecule has 50 heavy (non-hydrogen) atoms. The van der Waals surface area contributed by atoms with Crippen LogP contribution in [0.1, 0.15) is 5.56 Å².